The summed E-state index contributed by atoms with van der Waals surface area (Å²) in [6, 6.07) is 14.6. The number of nitrogens with one attached hydrogen (secondary N) is 2. The SMILES string of the molecule is Cc1ccc(NC(=O)Nc2ccccc2N(CC(C)CC(F)(F)F)C2CCCCC2)cc1. The number of alkyl halides is 3. The van der Waals surface area contributed by atoms with Crippen molar-refractivity contribution in [3.63, 3.8) is 0 Å². The molecule has 0 radical (unpaired) electrons. The molecule has 2 amide bonds. The molecule has 1 saturated carbocycles. The zero-order chi connectivity index (χ0) is 23.1. The molecule has 1 aliphatic rings. The monoisotopic (exact) mass is 447 g/mol. The Kier molecular flexibility index (Phi) is 8.04. The molecule has 0 aromatic heterocycles. The van der Waals surface area contributed by atoms with Gasteiger partial charge in [-0.25, -0.2) is 4.79 Å². The van der Waals surface area contributed by atoms with Crippen LogP contribution >= 0.6 is 0 Å². The highest BCUT2D eigenvalue weighted by Gasteiger charge is 2.32. The van der Waals surface area contributed by atoms with Crippen molar-refractivity contribution in [1.82, 2.24) is 0 Å². The zero-order valence-electron chi connectivity index (χ0n) is 18.7. The van der Waals surface area contributed by atoms with Crippen molar-refractivity contribution >= 4 is 23.1 Å². The number of urea groups is 1. The van der Waals surface area contributed by atoms with Crippen molar-refractivity contribution in [3.8, 4) is 0 Å². The third-order valence-electron chi connectivity index (χ3n) is 5.87. The van der Waals surface area contributed by atoms with E-state index >= 15 is 0 Å². The summed E-state index contributed by atoms with van der Waals surface area (Å²) in [6.07, 6.45) is 0.173. The lowest BCUT2D eigenvalue weighted by atomic mass is 9.92. The van der Waals surface area contributed by atoms with Gasteiger partial charge in [0.05, 0.1) is 11.4 Å². The zero-order valence-corrected chi connectivity index (χ0v) is 18.7. The van der Waals surface area contributed by atoms with Crippen LogP contribution in [0.3, 0.4) is 0 Å². The van der Waals surface area contributed by atoms with Crippen molar-refractivity contribution in [3.05, 3.63) is 54.1 Å². The predicted octanol–water partition coefficient (Wildman–Crippen LogP) is 7.37. The summed E-state index contributed by atoms with van der Waals surface area (Å²) >= 11 is 0. The molecule has 1 fully saturated rings. The number of para-hydroxylation sites is 2. The van der Waals surface area contributed by atoms with Crippen LogP contribution in [0.2, 0.25) is 0 Å². The van der Waals surface area contributed by atoms with Crippen molar-refractivity contribution < 1.29 is 18.0 Å². The fourth-order valence-corrected chi connectivity index (χ4v) is 4.38. The van der Waals surface area contributed by atoms with Gasteiger partial charge in [-0.2, -0.15) is 13.2 Å². The number of halogens is 3. The molecule has 32 heavy (non-hydrogen) atoms. The van der Waals surface area contributed by atoms with Crippen LogP contribution in [-0.4, -0.2) is 24.8 Å². The highest BCUT2D eigenvalue weighted by atomic mass is 19.4. The molecule has 2 N–H and O–H groups in total. The molecule has 7 heteroatoms. The van der Waals surface area contributed by atoms with E-state index in [4.69, 9.17) is 0 Å². The summed E-state index contributed by atoms with van der Waals surface area (Å²) < 4.78 is 39.0. The minimum atomic E-state index is -4.19. The molecule has 0 aliphatic heterocycles. The molecule has 1 aliphatic carbocycles. The second kappa shape index (κ2) is 10.7. The van der Waals surface area contributed by atoms with E-state index in [0.29, 0.717) is 17.9 Å². The molecular weight excluding hydrogens is 415 g/mol. The number of amides is 2. The molecule has 1 atom stereocenters. The Morgan fingerprint density at radius 3 is 2.34 bits per heavy atom. The molecule has 1 unspecified atom stereocenters. The number of hydrogen-bond acceptors (Lipinski definition) is 2. The summed E-state index contributed by atoms with van der Waals surface area (Å²) in [4.78, 5) is 14.7. The lowest BCUT2D eigenvalue weighted by molar-refractivity contribution is -0.142. The summed E-state index contributed by atoms with van der Waals surface area (Å²) in [5, 5.41) is 5.72. The minimum absolute atomic E-state index is 0.169. The molecule has 2 aromatic rings. The summed E-state index contributed by atoms with van der Waals surface area (Å²) in [5.74, 6) is -0.550. The Morgan fingerprint density at radius 1 is 1.03 bits per heavy atom. The lowest BCUT2D eigenvalue weighted by Gasteiger charge is -2.39. The maximum Gasteiger partial charge on any atom is 0.389 e. The first-order valence-electron chi connectivity index (χ1n) is 11.3. The van der Waals surface area contributed by atoms with E-state index in [1.54, 1.807) is 13.0 Å². The van der Waals surface area contributed by atoms with Gasteiger partial charge in [0.25, 0.3) is 0 Å². The standard InChI is InChI=1S/C25H32F3N3O/c1-18-12-14-20(15-13-18)29-24(32)30-22-10-6-7-11-23(22)31(21-8-4-3-5-9-21)17-19(2)16-25(26,27)28/h6-7,10-15,19,21H,3-5,8-9,16-17H2,1-2H3,(H2,29,30,32). The highest BCUT2D eigenvalue weighted by Crippen LogP contribution is 2.35. The first kappa shape index (κ1) is 24.0. The number of anilines is 3. The fourth-order valence-electron chi connectivity index (χ4n) is 4.38. The fraction of sp³-hybridized carbons (Fsp3) is 0.480. The van der Waals surface area contributed by atoms with Crippen LogP contribution in [0, 0.1) is 12.8 Å². The average Bonchev–Trinajstić information content (AvgIpc) is 2.74. The first-order valence-corrected chi connectivity index (χ1v) is 11.3. The number of nitrogens with zero attached hydrogens (tertiary/aromatic N) is 1. The third kappa shape index (κ3) is 7.18. The molecule has 2 aromatic carbocycles. The topological polar surface area (TPSA) is 44.4 Å². The number of hydrogen-bond donors (Lipinski definition) is 2. The second-order valence-corrected chi connectivity index (χ2v) is 8.83. The maximum absolute atomic E-state index is 13.0. The van der Waals surface area contributed by atoms with Gasteiger partial charge in [0.1, 0.15) is 0 Å². The van der Waals surface area contributed by atoms with Gasteiger partial charge >= 0.3 is 12.2 Å². The quantitative estimate of drug-likeness (QED) is 0.465. The van der Waals surface area contributed by atoms with E-state index < -0.39 is 18.5 Å². The van der Waals surface area contributed by atoms with Crippen molar-refractivity contribution in [2.24, 2.45) is 5.92 Å². The van der Waals surface area contributed by atoms with Gasteiger partial charge in [0, 0.05) is 24.7 Å². The number of aryl methyl sites for hydroxylation is 1. The Hall–Kier alpha value is -2.70. The summed E-state index contributed by atoms with van der Waals surface area (Å²) in [6.45, 7) is 3.91. The lowest BCUT2D eigenvalue weighted by Crippen LogP contribution is -2.41. The van der Waals surface area contributed by atoms with E-state index in [1.807, 2.05) is 49.4 Å². The summed E-state index contributed by atoms with van der Waals surface area (Å²) in [7, 11) is 0. The van der Waals surface area contributed by atoms with Gasteiger partial charge in [-0.1, -0.05) is 56.0 Å². The Morgan fingerprint density at radius 2 is 1.69 bits per heavy atom. The molecular formula is C25H32F3N3O. The van der Waals surface area contributed by atoms with Crippen LogP contribution in [0.1, 0.15) is 51.0 Å². The van der Waals surface area contributed by atoms with Crippen LogP contribution in [0.15, 0.2) is 48.5 Å². The molecule has 3 rings (SSSR count). The summed E-state index contributed by atoms with van der Waals surface area (Å²) in [5.41, 5.74) is 3.14. The molecule has 0 spiro atoms. The van der Waals surface area contributed by atoms with E-state index in [2.05, 4.69) is 15.5 Å². The Bertz CT molecular complexity index is 877. The van der Waals surface area contributed by atoms with E-state index in [0.717, 1.165) is 43.4 Å². The first-order chi connectivity index (χ1) is 15.2. The van der Waals surface area contributed by atoms with E-state index in [1.165, 1.54) is 0 Å². The molecule has 0 saturated heterocycles. The van der Waals surface area contributed by atoms with Crippen molar-refractivity contribution in [2.45, 2.75) is 64.6 Å². The number of benzene rings is 2. The smallest absolute Gasteiger partial charge is 0.367 e. The largest absolute Gasteiger partial charge is 0.389 e. The van der Waals surface area contributed by atoms with Gasteiger partial charge in [-0.3, -0.25) is 0 Å². The third-order valence-corrected chi connectivity index (χ3v) is 5.87. The highest BCUT2D eigenvalue weighted by molar-refractivity contribution is 6.01. The second-order valence-electron chi connectivity index (χ2n) is 8.83. The average molecular weight is 448 g/mol. The van der Waals surface area contributed by atoms with Crippen LogP contribution in [0.5, 0.6) is 0 Å². The normalized spacial score (nSPS) is 15.8. The van der Waals surface area contributed by atoms with E-state index in [-0.39, 0.29) is 12.1 Å². The van der Waals surface area contributed by atoms with Gasteiger partial charge in [-0.05, 0) is 49.9 Å². The number of carbonyl (C=O) groups excluding carboxylic acids is 1. The predicted molar refractivity (Wildman–Crippen MR) is 124 cm³/mol. The van der Waals surface area contributed by atoms with Crippen LogP contribution in [-0.2, 0) is 0 Å². The number of rotatable bonds is 7. The Balaban J connectivity index is 1.79. The molecule has 4 nitrogen and oxygen atoms in total. The maximum atomic E-state index is 13.0. The minimum Gasteiger partial charge on any atom is -0.367 e. The van der Waals surface area contributed by atoms with Crippen LogP contribution in [0.25, 0.3) is 0 Å². The van der Waals surface area contributed by atoms with E-state index in [9.17, 15) is 18.0 Å². The van der Waals surface area contributed by atoms with Crippen molar-refractivity contribution in [2.75, 3.05) is 22.1 Å². The Labute approximate surface area is 188 Å². The van der Waals surface area contributed by atoms with Gasteiger partial charge in [-0.15, -0.1) is 0 Å². The molecule has 0 heterocycles. The van der Waals surface area contributed by atoms with Crippen LogP contribution in [0.4, 0.5) is 35.0 Å². The van der Waals surface area contributed by atoms with Gasteiger partial charge in [0.2, 0.25) is 0 Å². The molecule has 174 valence electrons. The van der Waals surface area contributed by atoms with Gasteiger partial charge < -0.3 is 15.5 Å². The van der Waals surface area contributed by atoms with Crippen molar-refractivity contribution in [1.29, 1.82) is 0 Å². The number of carbonyl (C=O) groups is 1. The van der Waals surface area contributed by atoms with Gasteiger partial charge in [0.15, 0.2) is 0 Å². The molecule has 0 bridgehead atoms. The van der Waals surface area contributed by atoms with Crippen LogP contribution < -0.4 is 15.5 Å².